The maximum atomic E-state index is 12.0. The van der Waals surface area contributed by atoms with Crippen molar-refractivity contribution in [3.05, 3.63) is 0 Å². The van der Waals surface area contributed by atoms with E-state index in [0.717, 1.165) is 6.54 Å². The average Bonchev–Trinajstić information content (AvgIpc) is 2.27. The Labute approximate surface area is 115 Å². The van der Waals surface area contributed by atoms with Gasteiger partial charge in [-0.1, -0.05) is 0 Å². The van der Waals surface area contributed by atoms with Crippen molar-refractivity contribution in [1.82, 2.24) is 13.9 Å². The second kappa shape index (κ2) is 5.60. The van der Waals surface area contributed by atoms with Crippen LogP contribution in [-0.2, 0) is 10.2 Å². The third-order valence-corrected chi connectivity index (χ3v) is 5.80. The first-order valence-corrected chi connectivity index (χ1v) is 7.37. The highest BCUT2D eigenvalue weighted by Crippen LogP contribution is 2.33. The first-order chi connectivity index (χ1) is 7.86. The van der Waals surface area contributed by atoms with Gasteiger partial charge in [0.25, 0.3) is 10.2 Å². The molecule has 0 saturated carbocycles. The van der Waals surface area contributed by atoms with Crippen LogP contribution in [0.4, 0.5) is 0 Å². The van der Waals surface area contributed by atoms with E-state index >= 15 is 0 Å². The van der Waals surface area contributed by atoms with Crippen molar-refractivity contribution in [2.45, 2.75) is 18.4 Å². The molecule has 0 spiro atoms. The molecule has 0 aromatic heterocycles. The van der Waals surface area contributed by atoms with Crippen LogP contribution in [0.25, 0.3) is 0 Å². The van der Waals surface area contributed by atoms with Crippen molar-refractivity contribution in [1.29, 1.82) is 0 Å². The van der Waals surface area contributed by atoms with Crippen LogP contribution in [0.15, 0.2) is 0 Å². The fourth-order valence-electron chi connectivity index (χ4n) is 2.63. The monoisotopic (exact) mass is 299 g/mol. The van der Waals surface area contributed by atoms with Crippen LogP contribution in [-0.4, -0.2) is 68.0 Å². The maximum absolute atomic E-state index is 12.0. The van der Waals surface area contributed by atoms with Gasteiger partial charge < -0.3 is 10.4 Å². The summed E-state index contributed by atoms with van der Waals surface area (Å²) in [7, 11) is -0.276. The van der Waals surface area contributed by atoms with Crippen molar-refractivity contribution in [3.63, 3.8) is 0 Å². The Morgan fingerprint density at radius 2 is 2.06 bits per heavy atom. The quantitative estimate of drug-likeness (QED) is 0.704. The van der Waals surface area contributed by atoms with Gasteiger partial charge >= 0.3 is 0 Å². The molecule has 0 amide bonds. The highest BCUT2D eigenvalue weighted by Gasteiger charge is 2.45. The van der Waals surface area contributed by atoms with Crippen molar-refractivity contribution >= 4 is 22.6 Å². The first kappa shape index (κ1) is 16.1. The summed E-state index contributed by atoms with van der Waals surface area (Å²) in [6.07, 6.45) is 1.25. The highest BCUT2D eigenvalue weighted by molar-refractivity contribution is 7.86. The van der Waals surface area contributed by atoms with E-state index in [0.29, 0.717) is 32.5 Å². The molecule has 18 heavy (non-hydrogen) atoms. The number of fused-ring (bicyclic) bond motifs is 1. The van der Waals surface area contributed by atoms with Crippen LogP contribution in [0.5, 0.6) is 0 Å². The molecule has 0 aromatic carbocycles. The zero-order valence-electron chi connectivity index (χ0n) is 10.8. The van der Waals surface area contributed by atoms with E-state index in [1.165, 1.54) is 22.7 Å². The minimum Gasteiger partial charge on any atom is -0.389 e. The second-order valence-electron chi connectivity index (χ2n) is 5.15. The van der Waals surface area contributed by atoms with Crippen LogP contribution in [0.3, 0.4) is 0 Å². The molecule has 0 aromatic rings. The molecule has 2 atom stereocenters. The Kier molecular flexibility index (Phi) is 5.02. The Morgan fingerprint density at radius 1 is 1.39 bits per heavy atom. The van der Waals surface area contributed by atoms with Gasteiger partial charge in [-0.2, -0.15) is 17.0 Å². The summed E-state index contributed by atoms with van der Waals surface area (Å²) < 4.78 is 26.7. The largest absolute Gasteiger partial charge is 0.389 e. The second-order valence-corrected chi connectivity index (χ2v) is 7.30. The van der Waals surface area contributed by atoms with Gasteiger partial charge in [0, 0.05) is 39.6 Å². The first-order valence-electron chi connectivity index (χ1n) is 5.97. The minimum absolute atomic E-state index is 0. The third-order valence-electron chi connectivity index (χ3n) is 3.89. The Morgan fingerprint density at radius 3 is 2.67 bits per heavy atom. The number of aliphatic hydroxyl groups is 1. The minimum atomic E-state index is -3.35. The smallest absolute Gasteiger partial charge is 0.281 e. The molecular weight excluding hydrogens is 278 g/mol. The molecule has 2 aliphatic heterocycles. The molecule has 108 valence electrons. The SMILES string of the molecule is CN(C)S(=O)(=O)N1CCC2(O)CCNCC2C1.Cl. The zero-order chi connectivity index (χ0) is 12.7. The zero-order valence-corrected chi connectivity index (χ0v) is 12.4. The standard InChI is InChI=1S/C10H21N3O3S.ClH/c1-12(2)17(15,16)13-6-4-10(14)3-5-11-7-9(10)8-13;/h9,11,14H,3-8H2,1-2H3;1H. The fourth-order valence-corrected chi connectivity index (χ4v) is 3.79. The molecule has 2 unspecified atom stereocenters. The lowest BCUT2D eigenvalue weighted by atomic mass is 9.77. The van der Waals surface area contributed by atoms with Crippen LogP contribution < -0.4 is 5.32 Å². The van der Waals surface area contributed by atoms with Gasteiger partial charge in [0.1, 0.15) is 0 Å². The van der Waals surface area contributed by atoms with Gasteiger partial charge in [0.2, 0.25) is 0 Å². The van der Waals surface area contributed by atoms with Gasteiger partial charge in [0.15, 0.2) is 0 Å². The number of nitrogens with zero attached hydrogens (tertiary/aromatic N) is 2. The van der Waals surface area contributed by atoms with Gasteiger partial charge in [-0.25, -0.2) is 0 Å². The van der Waals surface area contributed by atoms with E-state index in [4.69, 9.17) is 0 Å². The van der Waals surface area contributed by atoms with E-state index in [1.807, 2.05) is 0 Å². The van der Waals surface area contributed by atoms with Crippen LogP contribution in [0.2, 0.25) is 0 Å². The summed E-state index contributed by atoms with van der Waals surface area (Å²) >= 11 is 0. The molecule has 2 heterocycles. The number of rotatable bonds is 2. The number of halogens is 1. The van der Waals surface area contributed by atoms with E-state index in [-0.39, 0.29) is 18.3 Å². The van der Waals surface area contributed by atoms with Crippen LogP contribution in [0, 0.1) is 5.92 Å². The van der Waals surface area contributed by atoms with Gasteiger partial charge in [-0.05, 0) is 19.4 Å². The van der Waals surface area contributed by atoms with Crippen LogP contribution in [0.1, 0.15) is 12.8 Å². The normalized spacial score (nSPS) is 33.9. The molecule has 6 nitrogen and oxygen atoms in total. The summed E-state index contributed by atoms with van der Waals surface area (Å²) in [6, 6.07) is 0. The molecule has 0 radical (unpaired) electrons. The van der Waals surface area contributed by atoms with E-state index in [2.05, 4.69) is 5.32 Å². The molecule has 2 N–H and O–H groups in total. The molecule has 2 aliphatic rings. The Balaban J connectivity index is 0.00000162. The van der Waals surface area contributed by atoms with E-state index < -0.39 is 15.8 Å². The lowest BCUT2D eigenvalue weighted by Crippen LogP contribution is -2.60. The number of hydrogen-bond acceptors (Lipinski definition) is 4. The summed E-state index contributed by atoms with van der Waals surface area (Å²) in [5, 5.41) is 13.7. The molecule has 2 saturated heterocycles. The van der Waals surface area contributed by atoms with Crippen molar-refractivity contribution in [3.8, 4) is 0 Å². The topological polar surface area (TPSA) is 72.9 Å². The van der Waals surface area contributed by atoms with E-state index in [9.17, 15) is 13.5 Å². The van der Waals surface area contributed by atoms with Gasteiger partial charge in [-0.15, -0.1) is 12.4 Å². The van der Waals surface area contributed by atoms with Gasteiger partial charge in [0.05, 0.1) is 5.60 Å². The van der Waals surface area contributed by atoms with Crippen molar-refractivity contribution in [2.24, 2.45) is 5.92 Å². The molecule has 0 bridgehead atoms. The summed E-state index contributed by atoms with van der Waals surface area (Å²) in [6.45, 7) is 2.32. The fraction of sp³-hybridized carbons (Fsp3) is 1.00. The summed E-state index contributed by atoms with van der Waals surface area (Å²) in [5.74, 6) is -0.000255. The summed E-state index contributed by atoms with van der Waals surface area (Å²) in [5.41, 5.74) is -0.677. The molecule has 2 fully saturated rings. The van der Waals surface area contributed by atoms with Gasteiger partial charge in [-0.3, -0.25) is 0 Å². The lowest BCUT2D eigenvalue weighted by molar-refractivity contribution is -0.0750. The number of piperidine rings is 2. The number of hydrogen-bond donors (Lipinski definition) is 2. The highest BCUT2D eigenvalue weighted by atomic mass is 35.5. The number of nitrogens with one attached hydrogen (secondary N) is 1. The summed E-state index contributed by atoms with van der Waals surface area (Å²) in [4.78, 5) is 0. The average molecular weight is 300 g/mol. The molecule has 8 heteroatoms. The Hall–Kier alpha value is 0.0800. The molecule has 0 aliphatic carbocycles. The van der Waals surface area contributed by atoms with Crippen molar-refractivity contribution in [2.75, 3.05) is 40.3 Å². The maximum Gasteiger partial charge on any atom is 0.281 e. The third kappa shape index (κ3) is 2.81. The molecule has 2 rings (SSSR count). The lowest BCUT2D eigenvalue weighted by Gasteiger charge is -2.47. The Bertz CT molecular complexity index is 390. The van der Waals surface area contributed by atoms with Crippen LogP contribution >= 0.6 is 12.4 Å². The van der Waals surface area contributed by atoms with Crippen molar-refractivity contribution < 1.29 is 13.5 Å². The molecular formula is C10H22ClN3O3S. The predicted molar refractivity (Wildman–Crippen MR) is 72.0 cm³/mol. The predicted octanol–water partition coefficient (Wildman–Crippen LogP) is -0.739. The van der Waals surface area contributed by atoms with E-state index in [1.54, 1.807) is 0 Å².